The largest absolute Gasteiger partial charge is 0.366 e. The van der Waals surface area contributed by atoms with Crippen LogP contribution in [0.5, 0.6) is 0 Å². The van der Waals surface area contributed by atoms with Crippen LogP contribution in [-0.2, 0) is 14.4 Å². The van der Waals surface area contributed by atoms with E-state index in [1.165, 1.54) is 16.4 Å². The number of amides is 3. The van der Waals surface area contributed by atoms with Crippen LogP contribution in [0, 0.1) is 11.7 Å². The average Bonchev–Trinajstić information content (AvgIpc) is 3.33. The number of para-hydroxylation sites is 1. The van der Waals surface area contributed by atoms with Crippen molar-refractivity contribution in [2.75, 3.05) is 37.6 Å². The molecule has 2 fully saturated rings. The van der Waals surface area contributed by atoms with E-state index in [0.717, 1.165) is 0 Å². The Kier molecular flexibility index (Phi) is 8.60. The normalized spacial score (nSPS) is 20.5. The molecule has 0 bridgehead atoms. The molecule has 2 N–H and O–H groups in total. The summed E-state index contributed by atoms with van der Waals surface area (Å²) in [5.41, 5.74) is 1.78. The Balaban J connectivity index is 1.66. The van der Waals surface area contributed by atoms with Crippen molar-refractivity contribution >= 4 is 23.4 Å². The molecule has 2 aliphatic heterocycles. The van der Waals surface area contributed by atoms with Crippen molar-refractivity contribution in [2.45, 2.75) is 51.2 Å². The summed E-state index contributed by atoms with van der Waals surface area (Å²) in [6.45, 7) is 3.93. The van der Waals surface area contributed by atoms with E-state index < -0.39 is 29.9 Å². The zero-order valence-electron chi connectivity index (χ0n) is 18.9. The molecule has 0 aliphatic carbocycles. The number of piperazine rings is 1. The molecule has 0 saturated carbocycles. The molecule has 3 rings (SSSR count). The van der Waals surface area contributed by atoms with Gasteiger partial charge in [0.15, 0.2) is 6.17 Å². The fraction of sp³-hybridized carbons (Fsp3) is 0.609. The van der Waals surface area contributed by atoms with Gasteiger partial charge in [-0.2, -0.15) is 0 Å². The summed E-state index contributed by atoms with van der Waals surface area (Å²) in [6, 6.07) is 5.80. The molecule has 2 aliphatic rings. The molecular formula is C23H32F2N4O4. The Morgan fingerprint density at radius 2 is 1.85 bits per heavy atom. The van der Waals surface area contributed by atoms with Gasteiger partial charge in [0, 0.05) is 32.7 Å². The number of alkyl halides is 1. The van der Waals surface area contributed by atoms with Gasteiger partial charge in [-0.1, -0.05) is 31.9 Å². The van der Waals surface area contributed by atoms with E-state index in [0.29, 0.717) is 64.1 Å². The number of hydroxylamine groups is 1. The highest BCUT2D eigenvalue weighted by molar-refractivity contribution is 5.92. The number of hydrogen-bond donors (Lipinski definition) is 2. The molecule has 1 aromatic rings. The van der Waals surface area contributed by atoms with Crippen LogP contribution >= 0.6 is 0 Å². The molecule has 3 atom stereocenters. The average molecular weight is 467 g/mol. The van der Waals surface area contributed by atoms with Gasteiger partial charge in [0.25, 0.3) is 5.91 Å². The van der Waals surface area contributed by atoms with E-state index in [2.05, 4.69) is 0 Å². The Labute approximate surface area is 192 Å². The highest BCUT2D eigenvalue weighted by atomic mass is 19.1. The van der Waals surface area contributed by atoms with Crippen molar-refractivity contribution in [3.8, 4) is 0 Å². The number of unbranched alkanes of at least 4 members (excludes halogenated alkanes) is 1. The maximum atomic E-state index is 14.7. The lowest BCUT2D eigenvalue weighted by molar-refractivity contribution is -0.151. The van der Waals surface area contributed by atoms with E-state index in [1.807, 2.05) is 11.8 Å². The summed E-state index contributed by atoms with van der Waals surface area (Å²) < 4.78 is 28.7. The Morgan fingerprint density at radius 1 is 1.15 bits per heavy atom. The second-order valence-electron chi connectivity index (χ2n) is 8.58. The van der Waals surface area contributed by atoms with Gasteiger partial charge in [0.05, 0.1) is 11.6 Å². The summed E-state index contributed by atoms with van der Waals surface area (Å²) in [7, 11) is 0. The summed E-state index contributed by atoms with van der Waals surface area (Å²) in [6.07, 6.45) is 0.312. The van der Waals surface area contributed by atoms with Gasteiger partial charge in [0.1, 0.15) is 11.9 Å². The van der Waals surface area contributed by atoms with Crippen molar-refractivity contribution < 1.29 is 28.4 Å². The number of halogens is 2. The van der Waals surface area contributed by atoms with E-state index >= 15 is 0 Å². The number of rotatable bonds is 8. The molecule has 0 spiro atoms. The first-order valence-electron chi connectivity index (χ1n) is 11.6. The second kappa shape index (κ2) is 11.4. The predicted molar refractivity (Wildman–Crippen MR) is 118 cm³/mol. The molecule has 2 heterocycles. The van der Waals surface area contributed by atoms with Crippen molar-refractivity contribution in [1.29, 1.82) is 0 Å². The minimum atomic E-state index is -2.19. The molecule has 3 amide bonds. The molecule has 1 aromatic carbocycles. The molecular weight excluding hydrogens is 434 g/mol. The van der Waals surface area contributed by atoms with Crippen molar-refractivity contribution in [3.05, 3.63) is 30.1 Å². The molecule has 0 unspecified atom stereocenters. The second-order valence-corrected chi connectivity index (χ2v) is 8.58. The molecule has 2 saturated heterocycles. The minimum Gasteiger partial charge on any atom is -0.366 e. The lowest BCUT2D eigenvalue weighted by Gasteiger charge is -2.39. The lowest BCUT2D eigenvalue weighted by atomic mass is 9.94. The Bertz CT molecular complexity index is 848. The van der Waals surface area contributed by atoms with E-state index in [4.69, 9.17) is 5.21 Å². The first kappa shape index (κ1) is 24.9. The van der Waals surface area contributed by atoms with E-state index in [9.17, 15) is 23.2 Å². The number of anilines is 1. The Hall–Kier alpha value is -2.75. The zero-order valence-corrected chi connectivity index (χ0v) is 18.9. The Morgan fingerprint density at radius 3 is 2.48 bits per heavy atom. The SMILES string of the molecule is CCCC[C@@H](C(=O)N1CCC[C@H]1C(=O)N1CCN(c2ccccc2F)CC1)[C@H](F)C(=O)NO. The standard InChI is InChI=1S/C23H32F2N4O4/c1-2-3-7-16(20(25)21(30)26-33)22(31)29-11-6-10-19(29)23(32)28-14-12-27(13-15-28)18-9-5-4-8-17(18)24/h4-5,8-9,16,19-20,33H,2-3,6-7,10-15H2,1H3,(H,26,30)/t16-,19+,20+/m1/s1. The van der Waals surface area contributed by atoms with Gasteiger partial charge in [-0.05, 0) is 31.4 Å². The molecule has 10 heteroatoms. The molecule has 33 heavy (non-hydrogen) atoms. The van der Waals surface area contributed by atoms with Crippen LogP contribution in [0.15, 0.2) is 24.3 Å². The first-order chi connectivity index (χ1) is 15.9. The maximum Gasteiger partial charge on any atom is 0.278 e. The maximum absolute atomic E-state index is 14.7. The van der Waals surface area contributed by atoms with Crippen LogP contribution in [0.3, 0.4) is 0 Å². The number of likely N-dealkylation sites (tertiary alicyclic amines) is 1. The summed E-state index contributed by atoms with van der Waals surface area (Å²) in [4.78, 5) is 43.0. The van der Waals surface area contributed by atoms with E-state index in [-0.39, 0.29) is 18.1 Å². The van der Waals surface area contributed by atoms with Crippen LogP contribution in [-0.4, -0.2) is 77.7 Å². The first-order valence-corrected chi connectivity index (χ1v) is 11.6. The number of carbonyl (C=O) groups excluding carboxylic acids is 3. The van der Waals surface area contributed by atoms with Crippen molar-refractivity contribution in [1.82, 2.24) is 15.3 Å². The third kappa shape index (κ3) is 5.61. The number of benzene rings is 1. The van der Waals surface area contributed by atoms with Gasteiger partial charge in [-0.25, -0.2) is 14.3 Å². The molecule has 8 nitrogen and oxygen atoms in total. The van der Waals surface area contributed by atoms with Crippen LogP contribution in [0.25, 0.3) is 0 Å². The topological polar surface area (TPSA) is 93.2 Å². The fourth-order valence-electron chi connectivity index (χ4n) is 4.65. The smallest absolute Gasteiger partial charge is 0.278 e. The quantitative estimate of drug-likeness (QED) is 0.452. The minimum absolute atomic E-state index is 0.155. The number of nitrogens with one attached hydrogen (secondary N) is 1. The zero-order chi connectivity index (χ0) is 24.0. The van der Waals surface area contributed by atoms with Gasteiger partial charge in [-0.15, -0.1) is 0 Å². The number of nitrogens with zero attached hydrogens (tertiary/aromatic N) is 3. The van der Waals surface area contributed by atoms with Gasteiger partial charge in [-0.3, -0.25) is 19.6 Å². The molecule has 182 valence electrons. The molecule has 0 aromatic heterocycles. The van der Waals surface area contributed by atoms with Crippen molar-refractivity contribution in [3.63, 3.8) is 0 Å². The predicted octanol–water partition coefficient (Wildman–Crippen LogP) is 2.12. The van der Waals surface area contributed by atoms with Gasteiger partial charge < -0.3 is 14.7 Å². The molecule has 0 radical (unpaired) electrons. The lowest BCUT2D eigenvalue weighted by Crippen LogP contribution is -2.56. The fourth-order valence-corrected chi connectivity index (χ4v) is 4.65. The third-order valence-electron chi connectivity index (χ3n) is 6.51. The number of hydrogen-bond acceptors (Lipinski definition) is 5. The monoisotopic (exact) mass is 466 g/mol. The third-order valence-corrected chi connectivity index (χ3v) is 6.51. The number of carbonyl (C=O) groups is 3. The summed E-state index contributed by atoms with van der Waals surface area (Å²) in [5, 5.41) is 8.81. The summed E-state index contributed by atoms with van der Waals surface area (Å²) >= 11 is 0. The van der Waals surface area contributed by atoms with Crippen LogP contribution in [0.4, 0.5) is 14.5 Å². The summed E-state index contributed by atoms with van der Waals surface area (Å²) in [5.74, 6) is -3.58. The van der Waals surface area contributed by atoms with Gasteiger partial charge >= 0.3 is 0 Å². The van der Waals surface area contributed by atoms with Crippen LogP contribution in [0.2, 0.25) is 0 Å². The van der Waals surface area contributed by atoms with E-state index in [1.54, 1.807) is 23.1 Å². The highest BCUT2D eigenvalue weighted by Gasteiger charge is 2.43. The van der Waals surface area contributed by atoms with Crippen LogP contribution in [0.1, 0.15) is 39.0 Å². The van der Waals surface area contributed by atoms with Crippen molar-refractivity contribution in [2.24, 2.45) is 5.92 Å². The van der Waals surface area contributed by atoms with Gasteiger partial charge in [0.2, 0.25) is 11.8 Å². The highest BCUT2D eigenvalue weighted by Crippen LogP contribution is 2.27. The van der Waals surface area contributed by atoms with Crippen LogP contribution < -0.4 is 10.4 Å².